The highest BCUT2D eigenvalue weighted by atomic mass is 32.2. The van der Waals surface area contributed by atoms with Crippen molar-refractivity contribution in [3.63, 3.8) is 0 Å². The smallest absolute Gasteiger partial charge is 0.159 e. The van der Waals surface area contributed by atoms with E-state index in [9.17, 15) is 8.78 Å². The summed E-state index contributed by atoms with van der Waals surface area (Å²) in [5, 5.41) is 0. The minimum atomic E-state index is -0.787. The van der Waals surface area contributed by atoms with Crippen molar-refractivity contribution in [1.29, 1.82) is 0 Å². The van der Waals surface area contributed by atoms with Gasteiger partial charge in [-0.05, 0) is 42.5 Å². The number of benzene rings is 1. The monoisotopic (exact) mass is 234 g/mol. The zero-order chi connectivity index (χ0) is 10.4. The van der Waals surface area contributed by atoms with Crippen LogP contribution in [0.4, 0.5) is 8.78 Å². The van der Waals surface area contributed by atoms with Crippen molar-refractivity contribution in [1.82, 2.24) is 0 Å². The van der Waals surface area contributed by atoms with Gasteiger partial charge in [0.15, 0.2) is 11.6 Å². The van der Waals surface area contributed by atoms with Crippen LogP contribution in [0.1, 0.15) is 12.8 Å². The normalized spacial score (nSPS) is 10.5. The fraction of sp³-hybridized carbons (Fsp3) is 0.400. The first-order valence-electron chi connectivity index (χ1n) is 4.43. The van der Waals surface area contributed by atoms with Gasteiger partial charge in [-0.2, -0.15) is 12.6 Å². The van der Waals surface area contributed by atoms with Crippen molar-refractivity contribution in [2.75, 3.05) is 11.5 Å². The summed E-state index contributed by atoms with van der Waals surface area (Å²) in [6, 6.07) is 4.00. The van der Waals surface area contributed by atoms with Crippen LogP contribution in [0.5, 0.6) is 0 Å². The van der Waals surface area contributed by atoms with Gasteiger partial charge in [-0.3, -0.25) is 0 Å². The quantitative estimate of drug-likeness (QED) is 0.460. The van der Waals surface area contributed by atoms with Gasteiger partial charge in [0.05, 0.1) is 0 Å². The molecule has 0 spiro atoms. The number of thioether (sulfide) groups is 1. The second kappa shape index (κ2) is 6.30. The van der Waals surface area contributed by atoms with Crippen LogP contribution in [0.2, 0.25) is 0 Å². The lowest BCUT2D eigenvalue weighted by Crippen LogP contribution is -1.85. The van der Waals surface area contributed by atoms with E-state index in [1.54, 1.807) is 17.8 Å². The van der Waals surface area contributed by atoms with E-state index in [0.29, 0.717) is 0 Å². The maximum absolute atomic E-state index is 12.8. The van der Waals surface area contributed by atoms with Crippen LogP contribution in [0.3, 0.4) is 0 Å². The molecule has 0 heterocycles. The van der Waals surface area contributed by atoms with E-state index in [-0.39, 0.29) is 0 Å². The van der Waals surface area contributed by atoms with Crippen molar-refractivity contribution < 1.29 is 8.78 Å². The lowest BCUT2D eigenvalue weighted by Gasteiger charge is -2.01. The summed E-state index contributed by atoms with van der Waals surface area (Å²) in [6.07, 6.45) is 2.10. The SMILES string of the molecule is Fc1ccc(SCCCCS)cc1F. The molecule has 0 fully saturated rings. The van der Waals surface area contributed by atoms with E-state index < -0.39 is 11.6 Å². The molecule has 0 saturated carbocycles. The Bertz CT molecular complexity index is 289. The highest BCUT2D eigenvalue weighted by molar-refractivity contribution is 7.99. The van der Waals surface area contributed by atoms with Gasteiger partial charge < -0.3 is 0 Å². The molecule has 0 nitrogen and oxygen atoms in total. The first-order valence-corrected chi connectivity index (χ1v) is 6.04. The molecule has 0 N–H and O–H groups in total. The Morgan fingerprint density at radius 3 is 2.57 bits per heavy atom. The van der Waals surface area contributed by atoms with Crippen LogP contribution in [0.15, 0.2) is 23.1 Å². The lowest BCUT2D eigenvalue weighted by atomic mass is 10.3. The Morgan fingerprint density at radius 2 is 1.93 bits per heavy atom. The Labute approximate surface area is 92.5 Å². The minimum absolute atomic E-state index is 0.774. The molecule has 0 aromatic heterocycles. The molecule has 0 amide bonds. The number of rotatable bonds is 5. The van der Waals surface area contributed by atoms with Crippen molar-refractivity contribution in [2.45, 2.75) is 17.7 Å². The average Bonchev–Trinajstić information content (AvgIpc) is 2.18. The van der Waals surface area contributed by atoms with E-state index in [1.165, 1.54) is 6.07 Å². The molecule has 0 unspecified atom stereocenters. The molecular formula is C10H12F2S2. The van der Waals surface area contributed by atoms with Gasteiger partial charge in [0.25, 0.3) is 0 Å². The van der Waals surface area contributed by atoms with Gasteiger partial charge in [0.1, 0.15) is 0 Å². The maximum atomic E-state index is 12.8. The molecule has 1 aromatic carbocycles. The summed E-state index contributed by atoms with van der Waals surface area (Å²) in [5.41, 5.74) is 0. The van der Waals surface area contributed by atoms with Crippen LogP contribution >= 0.6 is 24.4 Å². The van der Waals surface area contributed by atoms with Gasteiger partial charge in [0.2, 0.25) is 0 Å². The summed E-state index contributed by atoms with van der Waals surface area (Å²) in [4.78, 5) is 0.781. The van der Waals surface area contributed by atoms with Gasteiger partial charge in [-0.1, -0.05) is 0 Å². The molecule has 0 bridgehead atoms. The molecule has 4 heteroatoms. The maximum Gasteiger partial charge on any atom is 0.159 e. The second-order valence-corrected chi connectivity index (χ2v) is 4.47. The third-order valence-corrected chi connectivity index (χ3v) is 3.11. The third-order valence-electron chi connectivity index (χ3n) is 1.71. The first kappa shape index (κ1) is 11.9. The Hall–Kier alpha value is -0.220. The molecular weight excluding hydrogens is 222 g/mol. The van der Waals surface area contributed by atoms with Crippen molar-refractivity contribution in [3.8, 4) is 0 Å². The molecule has 0 aliphatic rings. The van der Waals surface area contributed by atoms with Gasteiger partial charge in [-0.25, -0.2) is 8.78 Å². The van der Waals surface area contributed by atoms with Crippen molar-refractivity contribution in [2.24, 2.45) is 0 Å². The van der Waals surface area contributed by atoms with Crippen molar-refractivity contribution in [3.05, 3.63) is 29.8 Å². The van der Waals surface area contributed by atoms with Crippen LogP contribution < -0.4 is 0 Å². The zero-order valence-electron chi connectivity index (χ0n) is 7.67. The van der Waals surface area contributed by atoms with E-state index in [0.717, 1.165) is 35.3 Å². The molecule has 78 valence electrons. The Morgan fingerprint density at radius 1 is 1.14 bits per heavy atom. The van der Waals surface area contributed by atoms with Crippen LogP contribution in [-0.2, 0) is 0 Å². The number of unbranched alkanes of at least 4 members (excludes halogenated alkanes) is 1. The molecule has 1 rings (SSSR count). The molecule has 1 aromatic rings. The largest absolute Gasteiger partial charge is 0.204 e. The van der Waals surface area contributed by atoms with E-state index in [2.05, 4.69) is 12.6 Å². The zero-order valence-corrected chi connectivity index (χ0v) is 9.38. The standard InChI is InChI=1S/C10H12F2S2/c11-9-4-3-8(7-10(9)12)14-6-2-1-5-13/h3-4,7,13H,1-2,5-6H2. The molecule has 14 heavy (non-hydrogen) atoms. The fourth-order valence-electron chi connectivity index (χ4n) is 0.971. The number of thiol groups is 1. The summed E-state index contributed by atoms with van der Waals surface area (Å²) >= 11 is 5.63. The number of hydrogen-bond acceptors (Lipinski definition) is 2. The van der Waals surface area contributed by atoms with Crippen LogP contribution in [-0.4, -0.2) is 11.5 Å². The van der Waals surface area contributed by atoms with E-state index in [4.69, 9.17) is 0 Å². The van der Waals surface area contributed by atoms with Gasteiger partial charge >= 0.3 is 0 Å². The number of hydrogen-bond donors (Lipinski definition) is 1. The summed E-state index contributed by atoms with van der Waals surface area (Å²) in [6.45, 7) is 0. The summed E-state index contributed by atoms with van der Waals surface area (Å²) < 4.78 is 25.3. The average molecular weight is 234 g/mol. The highest BCUT2D eigenvalue weighted by Gasteiger charge is 2.02. The Kier molecular flexibility index (Phi) is 5.33. The third kappa shape index (κ3) is 3.88. The number of halogens is 2. The first-order chi connectivity index (χ1) is 6.74. The minimum Gasteiger partial charge on any atom is -0.204 e. The predicted octanol–water partition coefficient (Wildman–Crippen LogP) is 3.77. The molecule has 0 aliphatic heterocycles. The molecule has 0 radical (unpaired) electrons. The van der Waals surface area contributed by atoms with E-state index >= 15 is 0 Å². The molecule has 0 aliphatic carbocycles. The van der Waals surface area contributed by atoms with Gasteiger partial charge in [0, 0.05) is 4.90 Å². The van der Waals surface area contributed by atoms with E-state index in [1.807, 2.05) is 0 Å². The Balaban J connectivity index is 2.39. The van der Waals surface area contributed by atoms with Crippen LogP contribution in [0.25, 0.3) is 0 Å². The predicted molar refractivity (Wildman–Crippen MR) is 60.2 cm³/mol. The van der Waals surface area contributed by atoms with Gasteiger partial charge in [-0.15, -0.1) is 11.8 Å². The van der Waals surface area contributed by atoms with Crippen molar-refractivity contribution >= 4 is 24.4 Å². The second-order valence-electron chi connectivity index (χ2n) is 2.86. The molecule has 0 atom stereocenters. The topological polar surface area (TPSA) is 0 Å². The fourth-order valence-corrected chi connectivity index (χ4v) is 2.13. The lowest BCUT2D eigenvalue weighted by molar-refractivity contribution is 0.506. The summed E-state index contributed by atoms with van der Waals surface area (Å²) in [7, 11) is 0. The summed E-state index contributed by atoms with van der Waals surface area (Å²) in [5.74, 6) is 0.234. The molecule has 0 saturated heterocycles. The highest BCUT2D eigenvalue weighted by Crippen LogP contribution is 2.21. The van der Waals surface area contributed by atoms with Crippen LogP contribution in [0, 0.1) is 11.6 Å².